The van der Waals surface area contributed by atoms with E-state index in [4.69, 9.17) is 25.0 Å². The van der Waals surface area contributed by atoms with Crippen molar-refractivity contribution >= 4 is 24.3 Å². The maximum Gasteiger partial charge on any atom is 0.394 e. The first-order valence-electron chi connectivity index (χ1n) is 9.28. The number of imidazole rings is 1. The van der Waals surface area contributed by atoms with E-state index >= 15 is 0 Å². The van der Waals surface area contributed by atoms with E-state index in [1.165, 1.54) is 10.6 Å². The predicted octanol–water partition coefficient (Wildman–Crippen LogP) is 2.52. The van der Waals surface area contributed by atoms with Crippen LogP contribution in [0.5, 0.6) is 5.75 Å². The van der Waals surface area contributed by atoms with Crippen molar-refractivity contribution in [3.63, 3.8) is 0 Å². The second kappa shape index (κ2) is 9.19. The van der Waals surface area contributed by atoms with Crippen molar-refractivity contribution in [1.29, 1.82) is 0 Å². The molecule has 0 atom stereocenters. The summed E-state index contributed by atoms with van der Waals surface area (Å²) in [5.74, 6) is 0.356. The van der Waals surface area contributed by atoms with Gasteiger partial charge in [-0.15, -0.1) is 0 Å². The molecule has 12 heteroatoms. The Morgan fingerprint density at radius 2 is 1.84 bits per heavy atom. The van der Waals surface area contributed by atoms with Gasteiger partial charge in [0.1, 0.15) is 12.4 Å². The standard InChI is InChI=1S/C19H22F2N3O6P/c20-19(21,31(26,27)28)6-7-29-8-9-30-14-10-15(22)17-16(11-14)24(18(25)23-17)12-13-4-2-1-3-5-13/h1-5,10-11H,6-9,12,22H2,(H,23,25)(H2,26,27,28). The normalized spacial score (nSPS) is 12.4. The summed E-state index contributed by atoms with van der Waals surface area (Å²) in [5, 5.41) is 0. The first-order valence-corrected chi connectivity index (χ1v) is 10.9. The van der Waals surface area contributed by atoms with E-state index in [2.05, 4.69) is 4.98 Å². The molecule has 0 saturated carbocycles. The topological polar surface area (TPSA) is 140 Å². The van der Waals surface area contributed by atoms with Crippen LogP contribution in [0.15, 0.2) is 47.3 Å². The Balaban J connectivity index is 1.62. The number of hydrogen-bond donors (Lipinski definition) is 4. The zero-order valence-electron chi connectivity index (χ0n) is 16.3. The van der Waals surface area contributed by atoms with Crippen molar-refractivity contribution in [2.24, 2.45) is 0 Å². The molecule has 3 rings (SSSR count). The number of nitrogen functional groups attached to an aromatic ring is 1. The number of nitrogens with two attached hydrogens (primary N) is 1. The third-order valence-corrected chi connectivity index (χ3v) is 5.62. The molecule has 0 aliphatic carbocycles. The highest BCUT2D eigenvalue weighted by Crippen LogP contribution is 2.54. The highest BCUT2D eigenvalue weighted by molar-refractivity contribution is 7.53. The lowest BCUT2D eigenvalue weighted by Gasteiger charge is -2.17. The molecule has 9 nitrogen and oxygen atoms in total. The van der Waals surface area contributed by atoms with E-state index in [0.29, 0.717) is 29.0 Å². The molecule has 0 radical (unpaired) electrons. The Labute approximate surface area is 175 Å². The summed E-state index contributed by atoms with van der Waals surface area (Å²) in [6.07, 6.45) is -1.11. The van der Waals surface area contributed by atoms with Crippen LogP contribution in [0.25, 0.3) is 11.0 Å². The van der Waals surface area contributed by atoms with Crippen molar-refractivity contribution in [3.8, 4) is 5.75 Å². The summed E-state index contributed by atoms with van der Waals surface area (Å²) in [5.41, 5.74) is 3.82. The van der Waals surface area contributed by atoms with Crippen LogP contribution in [-0.2, 0) is 15.8 Å². The maximum atomic E-state index is 13.2. The Morgan fingerprint density at radius 3 is 2.52 bits per heavy atom. The monoisotopic (exact) mass is 457 g/mol. The largest absolute Gasteiger partial charge is 0.491 e. The number of fused-ring (bicyclic) bond motifs is 1. The number of aromatic nitrogens is 2. The van der Waals surface area contributed by atoms with Crippen molar-refractivity contribution in [2.75, 3.05) is 25.6 Å². The minimum absolute atomic E-state index is 0.0141. The summed E-state index contributed by atoms with van der Waals surface area (Å²) >= 11 is 0. The van der Waals surface area contributed by atoms with Gasteiger partial charge in [-0.3, -0.25) is 9.13 Å². The zero-order chi connectivity index (χ0) is 22.6. The first-order chi connectivity index (χ1) is 14.6. The fraction of sp³-hybridized carbons (Fsp3) is 0.316. The van der Waals surface area contributed by atoms with Crippen LogP contribution >= 0.6 is 7.60 Å². The number of aromatic amines is 1. The summed E-state index contributed by atoms with van der Waals surface area (Å²) in [6.45, 7) is -0.310. The highest BCUT2D eigenvalue weighted by Gasteiger charge is 2.47. The van der Waals surface area contributed by atoms with Gasteiger partial charge in [0.2, 0.25) is 0 Å². The van der Waals surface area contributed by atoms with E-state index in [0.717, 1.165) is 5.56 Å². The van der Waals surface area contributed by atoms with Gasteiger partial charge in [0, 0.05) is 18.6 Å². The van der Waals surface area contributed by atoms with E-state index in [1.807, 2.05) is 30.3 Å². The van der Waals surface area contributed by atoms with Crippen LogP contribution in [0.2, 0.25) is 0 Å². The molecule has 0 spiro atoms. The molecule has 31 heavy (non-hydrogen) atoms. The molecule has 3 aromatic rings. The number of rotatable bonds is 10. The number of ether oxygens (including phenoxy) is 2. The molecule has 168 valence electrons. The van der Waals surface area contributed by atoms with Gasteiger partial charge < -0.3 is 30.0 Å². The average Bonchev–Trinajstić information content (AvgIpc) is 3.01. The fourth-order valence-electron chi connectivity index (χ4n) is 2.92. The second-order valence-electron chi connectivity index (χ2n) is 6.83. The average molecular weight is 457 g/mol. The molecule has 0 amide bonds. The maximum absolute atomic E-state index is 13.2. The van der Waals surface area contributed by atoms with Gasteiger partial charge in [0.25, 0.3) is 0 Å². The lowest BCUT2D eigenvalue weighted by atomic mass is 10.2. The Morgan fingerprint density at radius 1 is 1.13 bits per heavy atom. The molecular weight excluding hydrogens is 435 g/mol. The van der Waals surface area contributed by atoms with Crippen molar-refractivity contribution in [1.82, 2.24) is 9.55 Å². The number of H-pyrrole nitrogens is 1. The van der Waals surface area contributed by atoms with E-state index in [9.17, 15) is 18.1 Å². The van der Waals surface area contributed by atoms with Crippen LogP contribution in [0, 0.1) is 0 Å². The van der Waals surface area contributed by atoms with Crippen molar-refractivity contribution in [3.05, 3.63) is 58.5 Å². The molecule has 0 unspecified atom stereocenters. The minimum atomic E-state index is -5.52. The molecule has 1 aromatic heterocycles. The van der Waals surface area contributed by atoms with Crippen LogP contribution in [0.3, 0.4) is 0 Å². The summed E-state index contributed by atoms with van der Waals surface area (Å²) in [4.78, 5) is 32.2. The van der Waals surface area contributed by atoms with Gasteiger partial charge in [0.05, 0.1) is 36.5 Å². The quantitative estimate of drug-likeness (QED) is 0.208. The van der Waals surface area contributed by atoms with Gasteiger partial charge in [0.15, 0.2) is 0 Å². The molecule has 0 fully saturated rings. The number of halogens is 2. The lowest BCUT2D eigenvalue weighted by Crippen LogP contribution is -2.20. The number of nitrogens with zero attached hydrogens (tertiary/aromatic N) is 1. The number of alkyl halides is 2. The fourth-order valence-corrected chi connectivity index (χ4v) is 3.30. The third-order valence-electron chi connectivity index (χ3n) is 4.54. The van der Waals surface area contributed by atoms with E-state index in [1.54, 1.807) is 6.07 Å². The van der Waals surface area contributed by atoms with E-state index in [-0.39, 0.29) is 18.9 Å². The molecule has 0 saturated heterocycles. The number of hydrogen-bond acceptors (Lipinski definition) is 5. The van der Waals surface area contributed by atoms with Crippen molar-refractivity contribution < 1.29 is 32.6 Å². The number of benzene rings is 2. The van der Waals surface area contributed by atoms with Gasteiger partial charge in [-0.25, -0.2) is 4.79 Å². The molecule has 0 aliphatic heterocycles. The van der Waals surface area contributed by atoms with Gasteiger partial charge in [-0.2, -0.15) is 8.78 Å². The smallest absolute Gasteiger partial charge is 0.394 e. The molecule has 0 bridgehead atoms. The summed E-state index contributed by atoms with van der Waals surface area (Å²) in [6, 6.07) is 12.6. The highest BCUT2D eigenvalue weighted by atomic mass is 31.2. The van der Waals surface area contributed by atoms with Gasteiger partial charge >= 0.3 is 18.9 Å². The van der Waals surface area contributed by atoms with Gasteiger partial charge in [-0.05, 0) is 5.56 Å². The number of anilines is 1. The minimum Gasteiger partial charge on any atom is -0.491 e. The van der Waals surface area contributed by atoms with Gasteiger partial charge in [-0.1, -0.05) is 30.3 Å². The zero-order valence-corrected chi connectivity index (χ0v) is 17.2. The van der Waals surface area contributed by atoms with Crippen LogP contribution < -0.4 is 16.2 Å². The Kier molecular flexibility index (Phi) is 6.80. The Bertz CT molecular complexity index is 1140. The second-order valence-corrected chi connectivity index (χ2v) is 8.57. The van der Waals surface area contributed by atoms with Crippen LogP contribution in [0.1, 0.15) is 12.0 Å². The SMILES string of the molecule is Nc1cc(OCCOCCC(F)(F)P(=O)(O)O)cc2c1[nH]c(=O)n2Cc1ccccc1. The van der Waals surface area contributed by atoms with E-state index < -0.39 is 26.3 Å². The third kappa shape index (κ3) is 5.50. The molecule has 1 heterocycles. The molecule has 2 aromatic carbocycles. The van der Waals surface area contributed by atoms with Crippen LogP contribution in [-0.4, -0.2) is 44.8 Å². The molecule has 0 aliphatic rings. The summed E-state index contributed by atoms with van der Waals surface area (Å²) in [7, 11) is -5.52. The first kappa shape index (κ1) is 23.0. The van der Waals surface area contributed by atoms with Crippen LogP contribution in [0.4, 0.5) is 14.5 Å². The van der Waals surface area contributed by atoms with Crippen molar-refractivity contribution in [2.45, 2.75) is 18.6 Å². The Hall–Kier alpha value is -2.72. The molecular formula is C19H22F2N3O6P. The number of nitrogens with one attached hydrogen (secondary N) is 1. The summed E-state index contributed by atoms with van der Waals surface area (Å²) < 4.78 is 49.0. The molecule has 5 N–H and O–H groups in total. The predicted molar refractivity (Wildman–Crippen MR) is 110 cm³/mol. The lowest BCUT2D eigenvalue weighted by molar-refractivity contribution is 0.00974.